The molecule has 1 heterocycles. The molecule has 1 nitrogen and oxygen atoms in total. The van der Waals surface area contributed by atoms with Crippen molar-refractivity contribution < 1.29 is 4.74 Å². The highest BCUT2D eigenvalue weighted by Gasteiger charge is 2.47. The van der Waals surface area contributed by atoms with E-state index in [1.165, 1.54) is 0 Å². The fourth-order valence-electron chi connectivity index (χ4n) is 1.31. The number of halogens is 7. The molecule has 1 aliphatic rings. The molecule has 1 aromatic carbocycles. The van der Waals surface area contributed by atoms with Crippen LogP contribution in [0, 0.1) is 0 Å². The van der Waals surface area contributed by atoms with Crippen molar-refractivity contribution >= 4 is 98.5 Å². The lowest BCUT2D eigenvalue weighted by Gasteiger charge is -2.16. The molecule has 16 heavy (non-hydrogen) atoms. The summed E-state index contributed by atoms with van der Waals surface area (Å²) in [4.78, 5) is -0.253. The van der Waals surface area contributed by atoms with Crippen LogP contribution >= 0.6 is 98.5 Å². The molecule has 2 unspecified atom stereocenters. The maximum Gasteiger partial charge on any atom is 0.254 e. The van der Waals surface area contributed by atoms with Crippen LogP contribution in [0.3, 0.4) is 0 Å². The van der Waals surface area contributed by atoms with Gasteiger partial charge < -0.3 is 4.74 Å². The molecule has 0 saturated carbocycles. The molecule has 0 fully saturated rings. The lowest BCUT2D eigenvalue weighted by Crippen LogP contribution is -2.19. The molecule has 0 aliphatic carbocycles. The molecule has 2 atom stereocenters. The zero-order valence-corrected chi connectivity index (χ0v) is 15.7. The monoisotopic (exact) mass is 534 g/mol. The van der Waals surface area contributed by atoms with E-state index in [1.807, 2.05) is 0 Å². The van der Waals surface area contributed by atoms with Gasteiger partial charge in [-0.25, -0.2) is 0 Å². The van der Waals surface area contributed by atoms with E-state index in [9.17, 15) is 0 Å². The smallest absolute Gasteiger partial charge is 0.254 e. The predicted molar refractivity (Wildman–Crippen MR) is 81.7 cm³/mol. The fraction of sp³-hybridized carbons (Fsp3) is 0.250. The summed E-state index contributed by atoms with van der Waals surface area (Å²) >= 11 is 31.8. The third-order valence-corrected chi connectivity index (χ3v) is 8.15. The predicted octanol–water partition coefficient (Wildman–Crippen LogP) is 6.63. The first-order valence-corrected chi connectivity index (χ1v) is 8.27. The highest BCUT2D eigenvalue weighted by Crippen LogP contribution is 2.60. The summed E-state index contributed by atoms with van der Waals surface area (Å²) < 4.78 is 5.90. The second-order valence-electron chi connectivity index (χ2n) is 3.03. The minimum Gasteiger partial charge on any atom is -0.459 e. The fourth-order valence-corrected chi connectivity index (χ4v) is 4.39. The van der Waals surface area contributed by atoms with E-state index in [1.54, 1.807) is 0 Å². The SMILES string of the molecule is Clc1c(Cl)c2c(c(Br)c1Br)C(Br)C(Cl)(Br)O2. The summed E-state index contributed by atoms with van der Waals surface area (Å²) in [5, 5.41) is 0.715. The number of hydrogen-bond donors (Lipinski definition) is 0. The summed E-state index contributed by atoms with van der Waals surface area (Å²) in [5.74, 6) is 0.468. The Balaban J connectivity index is 2.76. The average molecular weight is 539 g/mol. The van der Waals surface area contributed by atoms with Crippen LogP contribution in [0.1, 0.15) is 10.4 Å². The Bertz CT molecular complexity index is 477. The van der Waals surface area contributed by atoms with Crippen LogP contribution in [0.15, 0.2) is 8.95 Å². The molecule has 88 valence electrons. The zero-order chi connectivity index (χ0) is 12.2. The van der Waals surface area contributed by atoms with Crippen molar-refractivity contribution in [3.63, 3.8) is 0 Å². The lowest BCUT2D eigenvalue weighted by molar-refractivity contribution is 0.290. The quantitative estimate of drug-likeness (QED) is 0.204. The number of fused-ring (bicyclic) bond motifs is 1. The number of ether oxygens (including phenoxy) is 1. The Kier molecular flexibility index (Phi) is 4.20. The van der Waals surface area contributed by atoms with Gasteiger partial charge in [0.25, 0.3) is 3.97 Å². The van der Waals surface area contributed by atoms with Gasteiger partial charge in [-0.1, -0.05) is 50.7 Å². The van der Waals surface area contributed by atoms with Crippen molar-refractivity contribution in [2.45, 2.75) is 8.80 Å². The van der Waals surface area contributed by atoms with Gasteiger partial charge in [-0.3, -0.25) is 0 Å². The molecule has 0 aromatic heterocycles. The van der Waals surface area contributed by atoms with Crippen molar-refractivity contribution in [2.24, 2.45) is 0 Å². The van der Waals surface area contributed by atoms with Crippen LogP contribution in [0.5, 0.6) is 5.75 Å². The largest absolute Gasteiger partial charge is 0.459 e. The van der Waals surface area contributed by atoms with Gasteiger partial charge in [-0.05, 0) is 47.8 Å². The van der Waals surface area contributed by atoms with E-state index < -0.39 is 3.97 Å². The van der Waals surface area contributed by atoms with Gasteiger partial charge >= 0.3 is 0 Å². The topological polar surface area (TPSA) is 9.23 Å². The van der Waals surface area contributed by atoms with Crippen molar-refractivity contribution in [2.75, 3.05) is 0 Å². The second kappa shape index (κ2) is 4.73. The molecule has 2 rings (SSSR count). The highest BCUT2D eigenvalue weighted by atomic mass is 79.9. The molecular weight excluding hydrogens is 538 g/mol. The van der Waals surface area contributed by atoms with Crippen molar-refractivity contribution in [3.8, 4) is 5.75 Å². The van der Waals surface area contributed by atoms with Gasteiger partial charge in [0.05, 0.1) is 9.50 Å². The van der Waals surface area contributed by atoms with E-state index in [0.717, 1.165) is 10.0 Å². The number of rotatable bonds is 0. The Morgan fingerprint density at radius 3 is 2.25 bits per heavy atom. The minimum atomic E-state index is -1.06. The standard InChI is InChI=1S/C8HBr4Cl3O/c9-2-1-6(5(14)4(13)3(2)10)16-8(12,15)7(1)11/h7H. The van der Waals surface area contributed by atoms with E-state index in [0.29, 0.717) is 20.3 Å². The normalized spacial score (nSPS) is 27.8. The first-order valence-electron chi connectivity index (χ1n) is 3.84. The second-order valence-corrected chi connectivity index (χ2v) is 8.48. The van der Waals surface area contributed by atoms with Gasteiger partial charge in [0.1, 0.15) is 15.6 Å². The average Bonchev–Trinajstić information content (AvgIpc) is 2.45. The van der Waals surface area contributed by atoms with Gasteiger partial charge in [-0.2, -0.15) is 0 Å². The summed E-state index contributed by atoms with van der Waals surface area (Å²) in [7, 11) is 0. The number of benzene rings is 1. The van der Waals surface area contributed by atoms with Crippen LogP contribution in [0.4, 0.5) is 0 Å². The Morgan fingerprint density at radius 1 is 1.12 bits per heavy atom. The minimum absolute atomic E-state index is 0.253. The summed E-state index contributed by atoms with van der Waals surface area (Å²) in [5.41, 5.74) is 0.813. The van der Waals surface area contributed by atoms with Crippen LogP contribution in [-0.2, 0) is 0 Å². The Labute approximate surface area is 141 Å². The molecule has 8 heteroatoms. The molecule has 0 spiro atoms. The van der Waals surface area contributed by atoms with Crippen molar-refractivity contribution in [1.82, 2.24) is 0 Å². The molecule has 0 radical (unpaired) electrons. The summed E-state index contributed by atoms with van der Waals surface area (Å²) in [6.45, 7) is 0. The zero-order valence-electron chi connectivity index (χ0n) is 7.13. The van der Waals surface area contributed by atoms with E-state index >= 15 is 0 Å². The third kappa shape index (κ3) is 2.08. The van der Waals surface area contributed by atoms with Crippen molar-refractivity contribution in [3.05, 3.63) is 24.6 Å². The van der Waals surface area contributed by atoms with Gasteiger partial charge in [0.15, 0.2) is 0 Å². The molecule has 0 bridgehead atoms. The van der Waals surface area contributed by atoms with Crippen LogP contribution in [0.25, 0.3) is 0 Å². The van der Waals surface area contributed by atoms with Crippen LogP contribution < -0.4 is 4.74 Å². The van der Waals surface area contributed by atoms with E-state index in [2.05, 4.69) is 63.7 Å². The number of hydrogen-bond acceptors (Lipinski definition) is 1. The maximum absolute atomic E-state index is 6.14. The van der Waals surface area contributed by atoms with Gasteiger partial charge in [-0.15, -0.1) is 0 Å². The molecule has 0 N–H and O–H groups in total. The highest BCUT2D eigenvalue weighted by molar-refractivity contribution is 9.13. The van der Waals surface area contributed by atoms with Gasteiger partial charge in [0.2, 0.25) is 0 Å². The molecule has 1 aliphatic heterocycles. The first kappa shape index (κ1) is 14.2. The van der Waals surface area contributed by atoms with Crippen molar-refractivity contribution in [1.29, 1.82) is 0 Å². The maximum atomic E-state index is 6.14. The van der Waals surface area contributed by atoms with Gasteiger partial charge in [0, 0.05) is 10.0 Å². The first-order chi connectivity index (χ1) is 7.27. The van der Waals surface area contributed by atoms with E-state index in [4.69, 9.17) is 39.5 Å². The number of alkyl halides is 3. The summed E-state index contributed by atoms with van der Waals surface area (Å²) in [6.07, 6.45) is 0. The summed E-state index contributed by atoms with van der Waals surface area (Å²) in [6, 6.07) is 0. The molecule has 1 aromatic rings. The molecule has 0 saturated heterocycles. The Morgan fingerprint density at radius 2 is 1.69 bits per heavy atom. The Hall–Kier alpha value is 1.81. The van der Waals surface area contributed by atoms with E-state index in [-0.39, 0.29) is 4.83 Å². The molecular formula is C8HBr4Cl3O. The van der Waals surface area contributed by atoms with Crippen LogP contribution in [-0.4, -0.2) is 3.97 Å². The molecule has 0 amide bonds. The lowest BCUT2D eigenvalue weighted by atomic mass is 10.2. The third-order valence-electron chi connectivity index (χ3n) is 2.05. The van der Waals surface area contributed by atoms with Crippen LogP contribution in [0.2, 0.25) is 10.0 Å².